The third kappa shape index (κ3) is 3.37. The van der Waals surface area contributed by atoms with E-state index in [1.807, 2.05) is 0 Å². The first-order valence-corrected chi connectivity index (χ1v) is 7.21. The minimum absolute atomic E-state index is 0.426. The molecule has 0 spiro atoms. The minimum Gasteiger partial charge on any atom is -0.362 e. The van der Waals surface area contributed by atoms with Gasteiger partial charge < -0.3 is 5.32 Å². The van der Waals surface area contributed by atoms with Gasteiger partial charge in [-0.2, -0.15) is 0 Å². The average Bonchev–Trinajstić information content (AvgIpc) is 3.13. The minimum atomic E-state index is -0.787. The van der Waals surface area contributed by atoms with Crippen molar-refractivity contribution in [1.29, 1.82) is 0 Å². The van der Waals surface area contributed by atoms with Crippen LogP contribution < -0.4 is 5.32 Å². The molecule has 1 nitrogen and oxygen atoms in total. The number of alkyl halides is 1. The van der Waals surface area contributed by atoms with Gasteiger partial charge in [-0.1, -0.05) is 32.6 Å². The molecule has 0 radical (unpaired) electrons. The van der Waals surface area contributed by atoms with Crippen molar-refractivity contribution < 1.29 is 4.39 Å². The molecule has 2 heteroatoms. The predicted molar refractivity (Wildman–Crippen MR) is 80.6 cm³/mol. The lowest BCUT2D eigenvalue weighted by Gasteiger charge is -2.19. The second-order valence-electron chi connectivity index (χ2n) is 5.91. The first-order chi connectivity index (χ1) is 9.02. The Morgan fingerprint density at radius 3 is 2.53 bits per heavy atom. The molecule has 19 heavy (non-hydrogen) atoms. The van der Waals surface area contributed by atoms with Crippen LogP contribution in [-0.2, 0) is 6.42 Å². The Morgan fingerprint density at radius 2 is 2.05 bits per heavy atom. The van der Waals surface area contributed by atoms with Crippen LogP contribution in [0.15, 0.2) is 24.9 Å². The van der Waals surface area contributed by atoms with Crippen LogP contribution in [0, 0.1) is 0 Å². The van der Waals surface area contributed by atoms with E-state index in [2.05, 4.69) is 37.9 Å². The van der Waals surface area contributed by atoms with Crippen LogP contribution in [0.25, 0.3) is 0 Å². The zero-order chi connectivity index (χ0) is 14.0. The van der Waals surface area contributed by atoms with E-state index < -0.39 is 6.17 Å². The van der Waals surface area contributed by atoms with Gasteiger partial charge in [0.05, 0.1) is 0 Å². The van der Waals surface area contributed by atoms with E-state index in [4.69, 9.17) is 0 Å². The molecule has 0 aliphatic heterocycles. The SMILES string of the molecule is C=CNc1c(C(C)C)cc(CC(C)F)cc1C1CC1. The lowest BCUT2D eigenvalue weighted by molar-refractivity contribution is 0.360. The Hall–Kier alpha value is -1.31. The Kier molecular flexibility index (Phi) is 4.28. The van der Waals surface area contributed by atoms with Crippen molar-refractivity contribution in [1.82, 2.24) is 0 Å². The summed E-state index contributed by atoms with van der Waals surface area (Å²) in [5, 5.41) is 3.30. The highest BCUT2D eigenvalue weighted by Crippen LogP contribution is 2.46. The molecule has 2 rings (SSSR count). The Labute approximate surface area is 115 Å². The summed E-state index contributed by atoms with van der Waals surface area (Å²) < 4.78 is 13.3. The van der Waals surface area contributed by atoms with E-state index in [0.29, 0.717) is 18.3 Å². The summed E-state index contributed by atoms with van der Waals surface area (Å²) in [6, 6.07) is 4.34. The van der Waals surface area contributed by atoms with Crippen molar-refractivity contribution in [3.8, 4) is 0 Å². The van der Waals surface area contributed by atoms with Crippen molar-refractivity contribution in [2.45, 2.75) is 58.0 Å². The van der Waals surface area contributed by atoms with E-state index in [-0.39, 0.29) is 0 Å². The Morgan fingerprint density at radius 1 is 1.37 bits per heavy atom. The monoisotopic (exact) mass is 261 g/mol. The standard InChI is InChI=1S/C17H24FN/c1-5-19-17-15(11(2)3)9-13(8-12(4)18)10-16(17)14-6-7-14/h5,9-12,14,19H,1,6-8H2,2-4H3. The molecule has 104 valence electrons. The lowest BCUT2D eigenvalue weighted by atomic mass is 9.91. The number of halogens is 1. The van der Waals surface area contributed by atoms with Crippen LogP contribution in [0.1, 0.15) is 62.1 Å². The molecule has 0 heterocycles. The quantitative estimate of drug-likeness (QED) is 0.747. The summed E-state index contributed by atoms with van der Waals surface area (Å²) in [6.07, 6.45) is 3.96. The molecule has 1 aromatic rings. The van der Waals surface area contributed by atoms with Gasteiger partial charge in [0, 0.05) is 12.1 Å². The van der Waals surface area contributed by atoms with E-state index in [1.54, 1.807) is 13.1 Å². The smallest absolute Gasteiger partial charge is 0.101 e. The second-order valence-corrected chi connectivity index (χ2v) is 5.91. The van der Waals surface area contributed by atoms with Crippen LogP contribution in [-0.4, -0.2) is 6.17 Å². The van der Waals surface area contributed by atoms with Gasteiger partial charge in [-0.3, -0.25) is 0 Å². The van der Waals surface area contributed by atoms with Gasteiger partial charge in [-0.15, -0.1) is 0 Å². The highest BCUT2D eigenvalue weighted by Gasteiger charge is 2.28. The van der Waals surface area contributed by atoms with Crippen molar-refractivity contribution in [3.63, 3.8) is 0 Å². The molecule has 1 aliphatic rings. The molecular formula is C17H24FN. The zero-order valence-corrected chi connectivity index (χ0v) is 12.2. The first-order valence-electron chi connectivity index (χ1n) is 7.21. The molecule has 1 unspecified atom stereocenters. The number of hydrogen-bond donors (Lipinski definition) is 1. The van der Waals surface area contributed by atoms with E-state index in [0.717, 1.165) is 5.56 Å². The topological polar surface area (TPSA) is 12.0 Å². The van der Waals surface area contributed by atoms with Gasteiger partial charge in [0.25, 0.3) is 0 Å². The maximum absolute atomic E-state index is 13.3. The number of rotatable bonds is 6. The molecule has 0 bridgehead atoms. The van der Waals surface area contributed by atoms with Gasteiger partial charge in [0.2, 0.25) is 0 Å². The third-order valence-corrected chi connectivity index (χ3v) is 3.66. The largest absolute Gasteiger partial charge is 0.362 e. The molecule has 1 N–H and O–H groups in total. The normalized spacial score (nSPS) is 16.5. The predicted octanol–water partition coefficient (Wildman–Crippen LogP) is 5.14. The summed E-state index contributed by atoms with van der Waals surface area (Å²) in [7, 11) is 0. The zero-order valence-electron chi connectivity index (χ0n) is 12.2. The van der Waals surface area contributed by atoms with Crippen molar-refractivity contribution in [3.05, 3.63) is 41.6 Å². The van der Waals surface area contributed by atoms with E-state index >= 15 is 0 Å². The van der Waals surface area contributed by atoms with Gasteiger partial charge in [-0.05, 0) is 54.5 Å². The fourth-order valence-corrected chi connectivity index (χ4v) is 2.64. The van der Waals surface area contributed by atoms with Crippen molar-refractivity contribution >= 4 is 5.69 Å². The average molecular weight is 261 g/mol. The highest BCUT2D eigenvalue weighted by molar-refractivity contribution is 5.63. The van der Waals surface area contributed by atoms with Crippen molar-refractivity contribution in [2.24, 2.45) is 0 Å². The number of hydrogen-bond acceptors (Lipinski definition) is 1. The van der Waals surface area contributed by atoms with Gasteiger partial charge in [0.15, 0.2) is 0 Å². The molecular weight excluding hydrogens is 237 g/mol. The third-order valence-electron chi connectivity index (χ3n) is 3.66. The maximum atomic E-state index is 13.3. The summed E-state index contributed by atoms with van der Waals surface area (Å²) in [5.74, 6) is 1.07. The second kappa shape index (κ2) is 5.77. The fraction of sp³-hybridized carbons (Fsp3) is 0.529. The lowest BCUT2D eigenvalue weighted by Crippen LogP contribution is -2.05. The molecule has 1 atom stereocenters. The fourth-order valence-electron chi connectivity index (χ4n) is 2.64. The molecule has 1 aromatic carbocycles. The molecule has 0 saturated heterocycles. The van der Waals surface area contributed by atoms with Crippen LogP contribution in [0.4, 0.5) is 10.1 Å². The summed E-state index contributed by atoms with van der Waals surface area (Å²) in [6.45, 7) is 9.77. The van der Waals surface area contributed by atoms with E-state index in [1.165, 1.54) is 29.7 Å². The number of nitrogens with one attached hydrogen (secondary N) is 1. The molecule has 0 amide bonds. The van der Waals surface area contributed by atoms with Crippen LogP contribution in [0.5, 0.6) is 0 Å². The van der Waals surface area contributed by atoms with Crippen LogP contribution >= 0.6 is 0 Å². The first kappa shape index (κ1) is 14.1. The maximum Gasteiger partial charge on any atom is 0.101 e. The molecule has 1 aliphatic carbocycles. The summed E-state index contributed by atoms with van der Waals surface area (Å²) in [5.41, 5.74) is 4.94. The molecule has 1 fully saturated rings. The van der Waals surface area contributed by atoms with E-state index in [9.17, 15) is 4.39 Å². The Bertz CT molecular complexity index is 435. The van der Waals surface area contributed by atoms with Crippen molar-refractivity contribution in [2.75, 3.05) is 5.32 Å². The summed E-state index contributed by atoms with van der Waals surface area (Å²) in [4.78, 5) is 0. The summed E-state index contributed by atoms with van der Waals surface area (Å²) >= 11 is 0. The van der Waals surface area contributed by atoms with Gasteiger partial charge in [0.1, 0.15) is 6.17 Å². The van der Waals surface area contributed by atoms with Gasteiger partial charge >= 0.3 is 0 Å². The van der Waals surface area contributed by atoms with Crippen LogP contribution in [0.3, 0.4) is 0 Å². The highest BCUT2D eigenvalue weighted by atomic mass is 19.1. The molecule has 0 aromatic heterocycles. The Balaban J connectivity index is 2.47. The molecule has 1 saturated carbocycles. The van der Waals surface area contributed by atoms with Gasteiger partial charge in [-0.25, -0.2) is 4.39 Å². The van der Waals surface area contributed by atoms with Crippen LogP contribution in [0.2, 0.25) is 0 Å². The number of benzene rings is 1. The number of anilines is 1.